The van der Waals surface area contributed by atoms with Gasteiger partial charge in [-0.15, -0.1) is 0 Å². The Morgan fingerprint density at radius 1 is 0.507 bits per heavy atom. The van der Waals surface area contributed by atoms with E-state index in [-0.39, 0.29) is 41.6 Å². The first-order chi connectivity index (χ1) is 35.6. The van der Waals surface area contributed by atoms with Gasteiger partial charge in [0.2, 0.25) is 0 Å². The predicted octanol–water partition coefficient (Wildman–Crippen LogP) is 10.7. The Morgan fingerprint density at radius 2 is 0.904 bits per heavy atom. The molecule has 0 atom stereocenters. The van der Waals surface area contributed by atoms with Crippen molar-refractivity contribution in [3.8, 4) is 28.7 Å². The first-order valence-electron chi connectivity index (χ1n) is 25.4. The van der Waals surface area contributed by atoms with Gasteiger partial charge in [0.1, 0.15) is 47.6 Å². The van der Waals surface area contributed by atoms with E-state index >= 15 is 0 Å². The lowest BCUT2D eigenvalue weighted by atomic mass is 9.83. The second-order valence-corrected chi connectivity index (χ2v) is 17.5. The number of benzene rings is 3. The largest absolute Gasteiger partial charge is 0.497 e. The van der Waals surface area contributed by atoms with Crippen LogP contribution >= 0.6 is 0 Å². The fraction of sp³-hybridized carbons (Fsp3) is 0.500. The number of rotatable bonds is 29. The third-order valence-corrected chi connectivity index (χ3v) is 12.1. The van der Waals surface area contributed by atoms with Crippen molar-refractivity contribution in [1.82, 2.24) is 0 Å². The van der Waals surface area contributed by atoms with Gasteiger partial charge in [0.25, 0.3) is 0 Å². The SMILES string of the molecule is C=CC(=O)OCCCCCCOc1ccc(OC)cc1.C=CC(=O)OCCCCCCOc1ccc(OC)cc1.COc1ccc(CCOC(=O)C2CCC(C=O)CC2)cc1C=N.O=CC1CCC(C=O)CC1. The summed E-state index contributed by atoms with van der Waals surface area (Å²) in [6, 6.07) is 20.7. The summed E-state index contributed by atoms with van der Waals surface area (Å²) in [4.78, 5) is 64.9. The molecule has 0 bridgehead atoms. The molecule has 0 amide bonds. The fourth-order valence-corrected chi connectivity index (χ4v) is 7.65. The van der Waals surface area contributed by atoms with E-state index in [0.29, 0.717) is 50.8 Å². The van der Waals surface area contributed by atoms with Gasteiger partial charge in [-0.25, -0.2) is 9.59 Å². The number of hydrogen-bond donors (Lipinski definition) is 1. The molecule has 0 saturated heterocycles. The molecule has 3 aromatic rings. The van der Waals surface area contributed by atoms with Crippen molar-refractivity contribution in [2.75, 3.05) is 54.4 Å². The average molecular weight is 1010 g/mol. The molecule has 0 radical (unpaired) electrons. The van der Waals surface area contributed by atoms with Gasteiger partial charge in [0, 0.05) is 48.1 Å². The van der Waals surface area contributed by atoms with Gasteiger partial charge in [0.05, 0.1) is 60.3 Å². The minimum atomic E-state index is -0.354. The van der Waals surface area contributed by atoms with Crippen molar-refractivity contribution in [3.05, 3.63) is 103 Å². The molecule has 1 N–H and O–H groups in total. The minimum absolute atomic E-state index is 0.0702. The first kappa shape index (κ1) is 62.3. The summed E-state index contributed by atoms with van der Waals surface area (Å²) >= 11 is 0. The minimum Gasteiger partial charge on any atom is -0.497 e. The van der Waals surface area contributed by atoms with E-state index < -0.39 is 0 Å². The Kier molecular flexibility index (Phi) is 34.0. The van der Waals surface area contributed by atoms with Gasteiger partial charge in [-0.2, -0.15) is 0 Å². The molecule has 2 aliphatic carbocycles. The second-order valence-electron chi connectivity index (χ2n) is 17.5. The number of nitrogens with one attached hydrogen (secondary N) is 1. The lowest BCUT2D eigenvalue weighted by Crippen LogP contribution is -2.24. The monoisotopic (exact) mass is 1010 g/mol. The van der Waals surface area contributed by atoms with E-state index in [2.05, 4.69) is 13.2 Å². The Hall–Kier alpha value is -6.77. The molecule has 2 saturated carbocycles. The standard InChI is InChI=1S/C18H23NO4.2C16H22O4.C8H12O2/c1-22-17-7-4-13(10-16(17)11-19)8-9-23-18(21)15-5-2-14(12-20)3-6-15;2*1-3-16(17)20-13-7-5-4-6-12-19-15-10-8-14(18-2)9-11-15;9-5-7-1-2-8(6-10)4-3-7/h4,7,10-12,14-15,19H,2-3,5-6,8-9H2,1H3;2*3,8-11H,1,4-7,12-13H2,2H3;5-8H,1-4H2. The Balaban J connectivity index is 0.000000344. The summed E-state index contributed by atoms with van der Waals surface area (Å²) in [7, 11) is 4.85. The van der Waals surface area contributed by atoms with Crippen molar-refractivity contribution in [1.29, 1.82) is 5.41 Å². The number of aldehydes is 3. The zero-order chi connectivity index (χ0) is 53.3. The van der Waals surface area contributed by atoms with Crippen LogP contribution in [-0.2, 0) is 49.4 Å². The number of esters is 3. The molecule has 73 heavy (non-hydrogen) atoms. The summed E-state index contributed by atoms with van der Waals surface area (Å²) in [5.41, 5.74) is 1.71. The van der Waals surface area contributed by atoms with E-state index in [0.717, 1.165) is 150 Å². The molecular weight excluding hydrogens is 935 g/mol. The Morgan fingerprint density at radius 3 is 1.27 bits per heavy atom. The topological polar surface area (TPSA) is 200 Å². The van der Waals surface area contributed by atoms with Crippen LogP contribution in [0.15, 0.2) is 92.0 Å². The number of carbonyl (C=O) groups is 6. The lowest BCUT2D eigenvalue weighted by Gasteiger charge is -2.23. The van der Waals surface area contributed by atoms with Crippen LogP contribution in [0.25, 0.3) is 0 Å². The van der Waals surface area contributed by atoms with Crippen LogP contribution in [0, 0.1) is 29.1 Å². The Bertz CT molecular complexity index is 1940. The predicted molar refractivity (Wildman–Crippen MR) is 281 cm³/mol. The highest BCUT2D eigenvalue weighted by atomic mass is 16.5. The van der Waals surface area contributed by atoms with Crippen molar-refractivity contribution in [3.63, 3.8) is 0 Å². The van der Waals surface area contributed by atoms with Crippen molar-refractivity contribution in [2.45, 2.75) is 109 Å². The Labute approximate surface area is 432 Å². The van der Waals surface area contributed by atoms with Gasteiger partial charge in [-0.05, 0) is 169 Å². The summed E-state index contributed by atoms with van der Waals surface area (Å²) in [5.74, 6) is 3.65. The van der Waals surface area contributed by atoms with Crippen LogP contribution in [0.4, 0.5) is 0 Å². The van der Waals surface area contributed by atoms with Gasteiger partial charge >= 0.3 is 17.9 Å². The van der Waals surface area contributed by atoms with Gasteiger partial charge in [-0.1, -0.05) is 19.2 Å². The van der Waals surface area contributed by atoms with Gasteiger partial charge in [0.15, 0.2) is 0 Å². The number of unbranched alkanes of at least 4 members (excludes halogenated alkanes) is 6. The third kappa shape index (κ3) is 28.2. The van der Waals surface area contributed by atoms with Crippen LogP contribution in [0.3, 0.4) is 0 Å². The quantitative estimate of drug-likeness (QED) is 0.0172. The number of methoxy groups -OCH3 is 3. The molecule has 0 aliphatic heterocycles. The van der Waals surface area contributed by atoms with E-state index in [1.807, 2.05) is 66.7 Å². The maximum atomic E-state index is 12.0. The summed E-state index contributed by atoms with van der Waals surface area (Å²) in [6.07, 6.45) is 21.8. The lowest BCUT2D eigenvalue weighted by molar-refractivity contribution is -0.150. The summed E-state index contributed by atoms with van der Waals surface area (Å²) < 4.78 is 41.7. The highest BCUT2D eigenvalue weighted by Crippen LogP contribution is 2.29. The van der Waals surface area contributed by atoms with E-state index in [1.54, 1.807) is 21.3 Å². The summed E-state index contributed by atoms with van der Waals surface area (Å²) in [6.45, 7) is 9.32. The molecule has 0 spiro atoms. The average Bonchev–Trinajstić information content (AvgIpc) is 3.44. The van der Waals surface area contributed by atoms with Crippen LogP contribution in [0.2, 0.25) is 0 Å². The molecule has 2 aliphatic rings. The molecule has 0 aromatic heterocycles. The van der Waals surface area contributed by atoms with Crippen LogP contribution < -0.4 is 23.7 Å². The molecule has 3 aromatic carbocycles. The molecule has 0 heterocycles. The molecular formula is C58H79NO14. The highest BCUT2D eigenvalue weighted by Gasteiger charge is 2.27. The smallest absolute Gasteiger partial charge is 0.330 e. The van der Waals surface area contributed by atoms with Crippen LogP contribution in [-0.4, -0.2) is 97.3 Å². The summed E-state index contributed by atoms with van der Waals surface area (Å²) in [5, 5.41) is 7.38. The van der Waals surface area contributed by atoms with Gasteiger partial charge < -0.3 is 57.7 Å². The molecule has 2 fully saturated rings. The molecule has 15 nitrogen and oxygen atoms in total. The van der Waals surface area contributed by atoms with Crippen molar-refractivity contribution < 1.29 is 66.7 Å². The van der Waals surface area contributed by atoms with Crippen molar-refractivity contribution >= 4 is 43.0 Å². The molecule has 15 heteroatoms. The number of ether oxygens (including phenoxy) is 8. The molecule has 0 unspecified atom stereocenters. The number of carbonyl (C=O) groups excluding carboxylic acids is 6. The maximum Gasteiger partial charge on any atom is 0.330 e. The highest BCUT2D eigenvalue weighted by molar-refractivity contribution is 5.82. The van der Waals surface area contributed by atoms with Crippen LogP contribution in [0.1, 0.15) is 114 Å². The van der Waals surface area contributed by atoms with E-state index in [1.165, 1.54) is 18.4 Å². The normalized spacial score (nSPS) is 16.4. The van der Waals surface area contributed by atoms with Crippen molar-refractivity contribution in [2.24, 2.45) is 23.7 Å². The molecule has 400 valence electrons. The third-order valence-electron chi connectivity index (χ3n) is 12.1. The zero-order valence-corrected chi connectivity index (χ0v) is 43.3. The molecule has 5 rings (SSSR count). The van der Waals surface area contributed by atoms with Crippen LogP contribution in [0.5, 0.6) is 28.7 Å². The van der Waals surface area contributed by atoms with E-state index in [9.17, 15) is 28.8 Å². The fourth-order valence-electron chi connectivity index (χ4n) is 7.65. The second kappa shape index (κ2) is 39.8. The maximum absolute atomic E-state index is 12.0. The number of hydrogen-bond acceptors (Lipinski definition) is 15. The first-order valence-corrected chi connectivity index (χ1v) is 25.4. The van der Waals surface area contributed by atoms with E-state index in [4.69, 9.17) is 43.3 Å². The van der Waals surface area contributed by atoms with Gasteiger partial charge in [-0.3, -0.25) is 4.79 Å². The zero-order valence-electron chi connectivity index (χ0n) is 43.3.